The lowest BCUT2D eigenvalue weighted by Gasteiger charge is -2.27. The van der Waals surface area contributed by atoms with Gasteiger partial charge in [0, 0.05) is 11.2 Å². The van der Waals surface area contributed by atoms with Gasteiger partial charge >= 0.3 is 0 Å². The highest BCUT2D eigenvalue weighted by atomic mass is 35.5. The van der Waals surface area contributed by atoms with Crippen LogP contribution in [0.5, 0.6) is 5.75 Å². The third-order valence-electron chi connectivity index (χ3n) is 3.68. The van der Waals surface area contributed by atoms with Crippen LogP contribution in [0.25, 0.3) is 0 Å². The molecule has 0 aliphatic rings. The Kier molecular flexibility index (Phi) is 5.36. The lowest BCUT2D eigenvalue weighted by molar-refractivity contribution is -0.121. The molecule has 3 rings (SSSR count). The average molecular weight is 357 g/mol. The van der Waals surface area contributed by atoms with Gasteiger partial charge in [0.2, 0.25) is 0 Å². The first-order chi connectivity index (χ1) is 12.1. The van der Waals surface area contributed by atoms with Crippen molar-refractivity contribution in [1.82, 2.24) is 4.98 Å². The van der Waals surface area contributed by atoms with Gasteiger partial charge in [-0.1, -0.05) is 17.7 Å². The molecule has 0 aliphatic heterocycles. The van der Waals surface area contributed by atoms with Crippen LogP contribution in [-0.2, 0) is 4.79 Å². The molecule has 128 valence electrons. The molecule has 1 aromatic carbocycles. The number of pyridine rings is 1. The van der Waals surface area contributed by atoms with Crippen LogP contribution in [0.3, 0.4) is 0 Å². The number of benzene rings is 1. The minimum Gasteiger partial charge on any atom is -0.484 e. The van der Waals surface area contributed by atoms with Gasteiger partial charge in [0.25, 0.3) is 5.91 Å². The largest absolute Gasteiger partial charge is 0.484 e. The zero-order valence-electron chi connectivity index (χ0n) is 13.6. The molecule has 0 N–H and O–H groups in total. The summed E-state index contributed by atoms with van der Waals surface area (Å²) in [6, 6.07) is 15.6. The molecule has 2 aromatic heterocycles. The molecular formula is C19H17ClN2O3. The Balaban J connectivity index is 1.78. The van der Waals surface area contributed by atoms with Gasteiger partial charge in [0.1, 0.15) is 17.3 Å². The van der Waals surface area contributed by atoms with Gasteiger partial charge in [-0.2, -0.15) is 0 Å². The van der Waals surface area contributed by atoms with Crippen LogP contribution in [0.4, 0.5) is 5.82 Å². The molecule has 3 aromatic rings. The van der Waals surface area contributed by atoms with Crippen LogP contribution in [-0.4, -0.2) is 17.5 Å². The van der Waals surface area contributed by atoms with Crippen molar-refractivity contribution in [1.29, 1.82) is 0 Å². The summed E-state index contributed by atoms with van der Waals surface area (Å²) in [5, 5.41) is 0.611. The molecule has 1 amide bonds. The van der Waals surface area contributed by atoms with Crippen molar-refractivity contribution >= 4 is 23.3 Å². The van der Waals surface area contributed by atoms with Crippen molar-refractivity contribution in [2.24, 2.45) is 0 Å². The smallest absolute Gasteiger partial charge is 0.266 e. The quantitative estimate of drug-likeness (QED) is 0.652. The van der Waals surface area contributed by atoms with Crippen molar-refractivity contribution in [2.45, 2.75) is 13.0 Å². The number of rotatable bonds is 6. The van der Waals surface area contributed by atoms with Gasteiger partial charge in [-0.05, 0) is 55.5 Å². The second-order valence-electron chi connectivity index (χ2n) is 5.39. The Morgan fingerprint density at radius 3 is 2.64 bits per heavy atom. The van der Waals surface area contributed by atoms with Gasteiger partial charge in [-0.15, -0.1) is 0 Å². The number of anilines is 1. The zero-order chi connectivity index (χ0) is 17.6. The van der Waals surface area contributed by atoms with Gasteiger partial charge < -0.3 is 9.15 Å². The summed E-state index contributed by atoms with van der Waals surface area (Å²) in [4.78, 5) is 18.7. The number of amides is 1. The molecule has 0 unspecified atom stereocenters. The summed E-state index contributed by atoms with van der Waals surface area (Å²) in [5.74, 6) is 1.56. The van der Waals surface area contributed by atoms with Crippen molar-refractivity contribution < 1.29 is 13.9 Å². The molecular weight excluding hydrogens is 340 g/mol. The highest BCUT2D eigenvalue weighted by Gasteiger charge is 2.26. The van der Waals surface area contributed by atoms with E-state index < -0.39 is 0 Å². The van der Waals surface area contributed by atoms with Gasteiger partial charge in [0.15, 0.2) is 6.61 Å². The zero-order valence-corrected chi connectivity index (χ0v) is 14.4. The normalized spacial score (nSPS) is 11.8. The van der Waals surface area contributed by atoms with E-state index in [0.717, 1.165) is 0 Å². The number of furan rings is 1. The van der Waals surface area contributed by atoms with E-state index in [2.05, 4.69) is 4.98 Å². The maximum Gasteiger partial charge on any atom is 0.266 e. The first kappa shape index (κ1) is 17.0. The Bertz CT molecular complexity index is 804. The molecule has 0 fully saturated rings. The minimum atomic E-state index is -0.314. The fourth-order valence-electron chi connectivity index (χ4n) is 2.44. The SMILES string of the molecule is C[C@H](c1ccco1)N(C(=O)COc1ccc(Cl)cc1)c1ccccn1. The Morgan fingerprint density at radius 2 is 2.00 bits per heavy atom. The molecule has 0 aliphatic carbocycles. The maximum atomic E-state index is 12.8. The molecule has 5 nitrogen and oxygen atoms in total. The number of ether oxygens (including phenoxy) is 1. The molecule has 0 saturated carbocycles. The van der Waals surface area contributed by atoms with Crippen LogP contribution >= 0.6 is 11.6 Å². The average Bonchev–Trinajstić information content (AvgIpc) is 3.17. The molecule has 25 heavy (non-hydrogen) atoms. The molecule has 1 atom stereocenters. The van der Waals surface area contributed by atoms with Crippen molar-refractivity contribution in [2.75, 3.05) is 11.5 Å². The van der Waals surface area contributed by atoms with E-state index in [1.165, 1.54) is 0 Å². The predicted molar refractivity (Wildman–Crippen MR) is 95.8 cm³/mol. The lowest BCUT2D eigenvalue weighted by atomic mass is 10.2. The van der Waals surface area contributed by atoms with E-state index in [1.54, 1.807) is 59.8 Å². The van der Waals surface area contributed by atoms with E-state index in [4.69, 9.17) is 20.8 Å². The third-order valence-corrected chi connectivity index (χ3v) is 3.93. The molecule has 0 spiro atoms. The van der Waals surface area contributed by atoms with Gasteiger partial charge in [0.05, 0.1) is 12.3 Å². The molecule has 0 radical (unpaired) electrons. The van der Waals surface area contributed by atoms with Crippen molar-refractivity contribution in [3.8, 4) is 5.75 Å². The summed E-state index contributed by atoms with van der Waals surface area (Å²) in [5.41, 5.74) is 0. The fourth-order valence-corrected chi connectivity index (χ4v) is 2.57. The van der Waals surface area contributed by atoms with Crippen molar-refractivity contribution in [3.63, 3.8) is 0 Å². The number of nitrogens with zero attached hydrogens (tertiary/aromatic N) is 2. The second kappa shape index (κ2) is 7.85. The van der Waals surface area contributed by atoms with Gasteiger partial charge in [-0.25, -0.2) is 4.98 Å². The Hall–Kier alpha value is -2.79. The summed E-state index contributed by atoms with van der Waals surface area (Å²) in [7, 11) is 0. The van der Waals surface area contributed by atoms with E-state index in [-0.39, 0.29) is 18.6 Å². The number of carbonyl (C=O) groups is 1. The van der Waals surface area contributed by atoms with E-state index >= 15 is 0 Å². The van der Waals surface area contributed by atoms with Crippen LogP contribution in [0.2, 0.25) is 5.02 Å². The maximum absolute atomic E-state index is 12.8. The highest BCUT2D eigenvalue weighted by Crippen LogP contribution is 2.26. The predicted octanol–water partition coefficient (Wildman–Crippen LogP) is 4.50. The van der Waals surface area contributed by atoms with Crippen LogP contribution in [0.15, 0.2) is 71.5 Å². The summed E-state index contributed by atoms with van der Waals surface area (Å²) >= 11 is 5.85. The van der Waals surface area contributed by atoms with Crippen LogP contribution < -0.4 is 9.64 Å². The topological polar surface area (TPSA) is 55.6 Å². The highest BCUT2D eigenvalue weighted by molar-refractivity contribution is 6.30. The van der Waals surface area contributed by atoms with Crippen molar-refractivity contribution in [3.05, 3.63) is 77.8 Å². The first-order valence-corrected chi connectivity index (χ1v) is 8.18. The Morgan fingerprint density at radius 1 is 1.20 bits per heavy atom. The van der Waals surface area contributed by atoms with E-state index in [0.29, 0.717) is 22.4 Å². The number of carbonyl (C=O) groups excluding carboxylic acids is 1. The second-order valence-corrected chi connectivity index (χ2v) is 5.82. The van der Waals surface area contributed by atoms with Crippen LogP contribution in [0, 0.1) is 0 Å². The standard InChI is InChI=1S/C19H17ClN2O3/c1-14(17-5-4-12-24-17)22(18-6-2-3-11-21-18)19(23)13-25-16-9-7-15(20)8-10-16/h2-12,14H,13H2,1H3/t14-/m1/s1. The summed E-state index contributed by atoms with van der Waals surface area (Å²) < 4.78 is 11.0. The molecule has 2 heterocycles. The monoisotopic (exact) mass is 356 g/mol. The molecule has 0 bridgehead atoms. The van der Waals surface area contributed by atoms with Crippen LogP contribution in [0.1, 0.15) is 18.7 Å². The third kappa shape index (κ3) is 4.19. The molecule has 0 saturated heterocycles. The number of hydrogen-bond donors (Lipinski definition) is 0. The van der Waals surface area contributed by atoms with Gasteiger partial charge in [-0.3, -0.25) is 9.69 Å². The lowest BCUT2D eigenvalue weighted by Crippen LogP contribution is -2.37. The van der Waals surface area contributed by atoms with E-state index in [1.807, 2.05) is 19.1 Å². The first-order valence-electron chi connectivity index (χ1n) is 7.80. The molecule has 6 heteroatoms. The summed E-state index contributed by atoms with van der Waals surface area (Å²) in [6.07, 6.45) is 3.22. The number of hydrogen-bond acceptors (Lipinski definition) is 4. The summed E-state index contributed by atoms with van der Waals surface area (Å²) in [6.45, 7) is 1.76. The van der Waals surface area contributed by atoms with E-state index in [9.17, 15) is 4.79 Å². The minimum absolute atomic E-state index is 0.122. The number of halogens is 1. The number of aromatic nitrogens is 1. The fraction of sp³-hybridized carbons (Fsp3) is 0.158. The Labute approximate surface area is 150 Å².